The van der Waals surface area contributed by atoms with Gasteiger partial charge in [-0.15, -0.1) is 0 Å². The van der Waals surface area contributed by atoms with Crippen molar-refractivity contribution in [2.24, 2.45) is 15.8 Å². The van der Waals surface area contributed by atoms with Crippen LogP contribution in [0.25, 0.3) is 0 Å². The van der Waals surface area contributed by atoms with E-state index in [-0.39, 0.29) is 23.0 Å². The maximum Gasteiger partial charge on any atom is 0.191 e. The van der Waals surface area contributed by atoms with Gasteiger partial charge in [-0.05, 0) is 26.2 Å². The summed E-state index contributed by atoms with van der Waals surface area (Å²) in [6.45, 7) is 9.05. The molecule has 3 N–H and O–H groups in total. The minimum Gasteiger partial charge on any atom is -0.396 e. The largest absolute Gasteiger partial charge is 0.396 e. The van der Waals surface area contributed by atoms with E-state index in [1.54, 1.807) is 14.2 Å². The second-order valence-electron chi connectivity index (χ2n) is 7.76. The van der Waals surface area contributed by atoms with Crippen molar-refractivity contribution in [1.82, 2.24) is 10.6 Å². The van der Waals surface area contributed by atoms with Crippen molar-refractivity contribution in [2.45, 2.75) is 51.7 Å². The van der Waals surface area contributed by atoms with Gasteiger partial charge in [0.2, 0.25) is 0 Å². The molecule has 6 nitrogen and oxygen atoms in total. The van der Waals surface area contributed by atoms with Crippen LogP contribution >= 0.6 is 0 Å². The molecular formula is C17H33N3O3. The number of aliphatic imine (C=N–C) groups is 1. The summed E-state index contributed by atoms with van der Waals surface area (Å²) in [5.74, 6) is 0.811. The van der Waals surface area contributed by atoms with Gasteiger partial charge in [-0.25, -0.2) is 0 Å². The second kappa shape index (κ2) is 6.95. The van der Waals surface area contributed by atoms with E-state index in [1.165, 1.54) is 0 Å². The molecule has 0 spiro atoms. The number of guanidine groups is 1. The van der Waals surface area contributed by atoms with E-state index < -0.39 is 0 Å². The number of ether oxygens (including phenoxy) is 2. The maximum atomic E-state index is 9.32. The molecule has 1 saturated carbocycles. The lowest BCUT2D eigenvalue weighted by Crippen LogP contribution is -2.69. The first kappa shape index (κ1) is 18.5. The Morgan fingerprint density at radius 3 is 2.61 bits per heavy atom. The molecule has 2 aliphatic rings. The predicted octanol–water partition coefficient (Wildman–Crippen LogP) is 1.14. The molecule has 0 radical (unpaired) electrons. The first-order chi connectivity index (χ1) is 10.8. The fourth-order valence-electron chi connectivity index (χ4n) is 3.67. The highest BCUT2D eigenvalue weighted by molar-refractivity contribution is 5.80. The Kier molecular flexibility index (Phi) is 5.59. The highest BCUT2D eigenvalue weighted by atomic mass is 16.5. The van der Waals surface area contributed by atoms with Crippen LogP contribution in [0.5, 0.6) is 0 Å². The lowest BCUT2D eigenvalue weighted by atomic mass is 9.56. The molecule has 1 aliphatic carbocycles. The third-order valence-electron chi connectivity index (χ3n) is 6.27. The molecule has 1 saturated heterocycles. The maximum absolute atomic E-state index is 9.32. The molecule has 1 heterocycles. The number of methoxy groups -OCH3 is 1. The summed E-state index contributed by atoms with van der Waals surface area (Å²) in [6, 6.07) is 0.326. The lowest BCUT2D eigenvalue weighted by Gasteiger charge is -2.59. The predicted molar refractivity (Wildman–Crippen MR) is 91.7 cm³/mol. The Morgan fingerprint density at radius 2 is 2.13 bits per heavy atom. The van der Waals surface area contributed by atoms with Gasteiger partial charge in [0, 0.05) is 50.8 Å². The fourth-order valence-corrected chi connectivity index (χ4v) is 3.67. The molecule has 1 aliphatic heterocycles. The number of nitrogens with zero attached hydrogens (tertiary/aromatic N) is 1. The average molecular weight is 327 g/mol. The molecule has 0 aromatic carbocycles. The zero-order valence-corrected chi connectivity index (χ0v) is 15.2. The van der Waals surface area contributed by atoms with E-state index in [9.17, 15) is 5.11 Å². The van der Waals surface area contributed by atoms with Crippen molar-refractivity contribution in [3.8, 4) is 0 Å². The summed E-state index contributed by atoms with van der Waals surface area (Å²) < 4.78 is 11.2. The molecule has 6 heteroatoms. The van der Waals surface area contributed by atoms with E-state index in [2.05, 4.69) is 36.4 Å². The van der Waals surface area contributed by atoms with Gasteiger partial charge in [0.05, 0.1) is 12.2 Å². The molecule has 0 aromatic rings. The summed E-state index contributed by atoms with van der Waals surface area (Å²) in [6.07, 6.45) is 2.70. The van der Waals surface area contributed by atoms with Crippen LogP contribution in [-0.4, -0.2) is 63.2 Å². The van der Waals surface area contributed by atoms with Gasteiger partial charge < -0.3 is 25.2 Å². The van der Waals surface area contributed by atoms with E-state index >= 15 is 0 Å². The van der Waals surface area contributed by atoms with E-state index in [0.29, 0.717) is 12.6 Å². The van der Waals surface area contributed by atoms with Crippen molar-refractivity contribution >= 4 is 5.96 Å². The first-order valence-corrected chi connectivity index (χ1v) is 8.53. The van der Waals surface area contributed by atoms with E-state index in [0.717, 1.165) is 38.4 Å². The zero-order chi connectivity index (χ0) is 17.1. The lowest BCUT2D eigenvalue weighted by molar-refractivity contribution is -0.176. The summed E-state index contributed by atoms with van der Waals surface area (Å²) >= 11 is 0. The van der Waals surface area contributed by atoms with Crippen LogP contribution < -0.4 is 10.6 Å². The number of aliphatic hydroxyl groups excluding tert-OH is 1. The van der Waals surface area contributed by atoms with Gasteiger partial charge in [-0.3, -0.25) is 4.99 Å². The third-order valence-corrected chi connectivity index (χ3v) is 6.27. The van der Waals surface area contributed by atoms with Crippen molar-refractivity contribution in [3.05, 3.63) is 0 Å². The summed E-state index contributed by atoms with van der Waals surface area (Å²) in [5, 5.41) is 16.3. The van der Waals surface area contributed by atoms with Gasteiger partial charge >= 0.3 is 0 Å². The van der Waals surface area contributed by atoms with Crippen LogP contribution in [0.4, 0.5) is 0 Å². The van der Waals surface area contributed by atoms with Gasteiger partial charge in [0.25, 0.3) is 0 Å². The SMILES string of the molecule is CN=C(NCC1(CCO)CCOC1)NC1CC(C)(OC)C1(C)C. The summed E-state index contributed by atoms with van der Waals surface area (Å²) in [4.78, 5) is 4.35. The van der Waals surface area contributed by atoms with Crippen LogP contribution in [0.15, 0.2) is 4.99 Å². The minimum absolute atomic E-state index is 0.0164. The Morgan fingerprint density at radius 1 is 1.39 bits per heavy atom. The van der Waals surface area contributed by atoms with Gasteiger partial charge in [0.15, 0.2) is 5.96 Å². The van der Waals surface area contributed by atoms with Crippen LogP contribution in [-0.2, 0) is 9.47 Å². The van der Waals surface area contributed by atoms with Crippen LogP contribution in [0.2, 0.25) is 0 Å². The normalized spacial score (nSPS) is 36.6. The molecule has 2 fully saturated rings. The van der Waals surface area contributed by atoms with Gasteiger partial charge in [-0.2, -0.15) is 0 Å². The molecule has 2 rings (SSSR count). The van der Waals surface area contributed by atoms with Crippen molar-refractivity contribution < 1.29 is 14.6 Å². The van der Waals surface area contributed by atoms with E-state index in [1.807, 2.05) is 0 Å². The molecule has 0 aromatic heterocycles. The Bertz CT molecular complexity index is 433. The molecule has 134 valence electrons. The molecule has 3 atom stereocenters. The van der Waals surface area contributed by atoms with Crippen LogP contribution in [0.3, 0.4) is 0 Å². The van der Waals surface area contributed by atoms with E-state index in [4.69, 9.17) is 9.47 Å². The fraction of sp³-hybridized carbons (Fsp3) is 0.941. The standard InChI is InChI=1S/C17H33N3O3/c1-15(2)13(10-16(15,3)22-5)20-14(18-4)19-11-17(6-8-21)7-9-23-12-17/h13,21H,6-12H2,1-5H3,(H2,18,19,20). The van der Waals surface area contributed by atoms with Crippen LogP contribution in [0, 0.1) is 10.8 Å². The Balaban J connectivity index is 1.90. The highest BCUT2D eigenvalue weighted by Crippen LogP contribution is 2.51. The number of rotatable bonds is 6. The molecule has 0 amide bonds. The molecule has 23 heavy (non-hydrogen) atoms. The van der Waals surface area contributed by atoms with Crippen LogP contribution in [0.1, 0.15) is 40.0 Å². The van der Waals surface area contributed by atoms with Crippen molar-refractivity contribution in [2.75, 3.05) is 40.5 Å². The minimum atomic E-state index is -0.0963. The van der Waals surface area contributed by atoms with Gasteiger partial charge in [-0.1, -0.05) is 13.8 Å². The highest BCUT2D eigenvalue weighted by Gasteiger charge is 2.58. The average Bonchev–Trinajstić information content (AvgIpc) is 2.99. The zero-order valence-electron chi connectivity index (χ0n) is 15.2. The van der Waals surface area contributed by atoms with Crippen molar-refractivity contribution in [3.63, 3.8) is 0 Å². The molecule has 0 bridgehead atoms. The number of hydrogen-bond acceptors (Lipinski definition) is 4. The quantitative estimate of drug-likeness (QED) is 0.504. The van der Waals surface area contributed by atoms with Gasteiger partial charge in [0.1, 0.15) is 0 Å². The first-order valence-electron chi connectivity index (χ1n) is 8.53. The topological polar surface area (TPSA) is 75.1 Å². The number of nitrogens with one attached hydrogen (secondary N) is 2. The smallest absolute Gasteiger partial charge is 0.191 e. The number of aliphatic hydroxyl groups is 1. The third kappa shape index (κ3) is 3.49. The summed E-state index contributed by atoms with van der Waals surface area (Å²) in [5.41, 5.74) is -0.0396. The Labute approximate surface area is 140 Å². The molecular weight excluding hydrogens is 294 g/mol. The second-order valence-corrected chi connectivity index (χ2v) is 7.76. The monoisotopic (exact) mass is 327 g/mol. The van der Waals surface area contributed by atoms with Crippen molar-refractivity contribution in [1.29, 1.82) is 0 Å². The number of hydrogen-bond donors (Lipinski definition) is 3. The Hall–Kier alpha value is -0.850. The summed E-state index contributed by atoms with van der Waals surface area (Å²) in [7, 11) is 3.57. The molecule has 3 unspecified atom stereocenters.